The number of carbonyl (C=O) groups excluding carboxylic acids is 1. The molecule has 110 valence electrons. The lowest BCUT2D eigenvalue weighted by atomic mass is 9.79. The minimum Gasteiger partial charge on any atom is -0.382 e. The Bertz CT molecular complexity index is 479. The number of rotatable bonds is 4. The molecule has 2 rings (SSSR count). The lowest BCUT2D eigenvalue weighted by molar-refractivity contribution is 0.100. The first-order valence-electron chi connectivity index (χ1n) is 7.33. The number of hydrogen-bond donors (Lipinski definition) is 2. The van der Waals surface area contributed by atoms with Crippen LogP contribution in [0.3, 0.4) is 0 Å². The maximum Gasteiger partial charge on any atom is 0.250 e. The molecule has 1 saturated carbocycles. The van der Waals surface area contributed by atoms with Gasteiger partial charge in [0.15, 0.2) is 0 Å². The molecule has 0 radical (unpaired) electrons. The summed E-state index contributed by atoms with van der Waals surface area (Å²) in [5, 5.41) is 3.91. The Morgan fingerprint density at radius 3 is 2.50 bits per heavy atom. The van der Waals surface area contributed by atoms with Crippen molar-refractivity contribution in [1.82, 2.24) is 0 Å². The zero-order valence-corrected chi connectivity index (χ0v) is 12.9. The second kappa shape index (κ2) is 6.49. The molecule has 0 bridgehead atoms. The van der Waals surface area contributed by atoms with Gasteiger partial charge in [-0.3, -0.25) is 4.79 Å². The van der Waals surface area contributed by atoms with E-state index >= 15 is 0 Å². The molecule has 0 spiro atoms. The van der Waals surface area contributed by atoms with E-state index in [0.717, 1.165) is 17.5 Å². The van der Waals surface area contributed by atoms with Crippen LogP contribution in [0.2, 0.25) is 5.02 Å². The standard InChI is InChI=1S/C16H23ClN2O/c1-10(2)11-3-5-12(6-4-11)19-13-7-8-15(17)14(9-13)16(18)20/h7-12,19H,3-6H2,1-2H3,(H2,18,20). The highest BCUT2D eigenvalue weighted by Crippen LogP contribution is 2.31. The molecule has 0 unspecified atom stereocenters. The first kappa shape index (κ1) is 15.2. The molecule has 1 fully saturated rings. The number of nitrogens with two attached hydrogens (primary N) is 1. The fourth-order valence-corrected chi connectivity index (χ4v) is 3.18. The molecule has 3 N–H and O–H groups in total. The zero-order valence-electron chi connectivity index (χ0n) is 12.2. The number of hydrogen-bond acceptors (Lipinski definition) is 2. The van der Waals surface area contributed by atoms with Crippen LogP contribution < -0.4 is 11.1 Å². The molecule has 0 heterocycles. The average molecular weight is 295 g/mol. The average Bonchev–Trinajstić information content (AvgIpc) is 2.41. The van der Waals surface area contributed by atoms with Crippen molar-refractivity contribution < 1.29 is 4.79 Å². The van der Waals surface area contributed by atoms with Crippen LogP contribution in [0, 0.1) is 11.8 Å². The van der Waals surface area contributed by atoms with E-state index in [0.29, 0.717) is 16.6 Å². The van der Waals surface area contributed by atoms with Gasteiger partial charge in [-0.1, -0.05) is 25.4 Å². The highest BCUT2D eigenvalue weighted by Gasteiger charge is 2.23. The molecule has 1 aliphatic carbocycles. The van der Waals surface area contributed by atoms with E-state index < -0.39 is 5.91 Å². The van der Waals surface area contributed by atoms with Crippen LogP contribution in [0.25, 0.3) is 0 Å². The molecule has 0 aliphatic heterocycles. The molecule has 0 saturated heterocycles. The highest BCUT2D eigenvalue weighted by atomic mass is 35.5. The first-order valence-corrected chi connectivity index (χ1v) is 7.71. The zero-order chi connectivity index (χ0) is 14.7. The fraction of sp³-hybridized carbons (Fsp3) is 0.562. The Morgan fingerprint density at radius 1 is 1.30 bits per heavy atom. The number of anilines is 1. The van der Waals surface area contributed by atoms with Gasteiger partial charge in [-0.2, -0.15) is 0 Å². The third-order valence-electron chi connectivity index (χ3n) is 4.32. The van der Waals surface area contributed by atoms with Crippen molar-refractivity contribution in [2.24, 2.45) is 17.6 Å². The number of nitrogens with one attached hydrogen (secondary N) is 1. The van der Waals surface area contributed by atoms with Crippen molar-refractivity contribution in [3.8, 4) is 0 Å². The van der Waals surface area contributed by atoms with Gasteiger partial charge >= 0.3 is 0 Å². The van der Waals surface area contributed by atoms with Gasteiger partial charge in [0, 0.05) is 11.7 Å². The van der Waals surface area contributed by atoms with E-state index in [1.165, 1.54) is 25.7 Å². The minimum atomic E-state index is -0.484. The van der Waals surface area contributed by atoms with Crippen LogP contribution in [-0.2, 0) is 0 Å². The van der Waals surface area contributed by atoms with Crippen LogP contribution in [0.1, 0.15) is 49.9 Å². The van der Waals surface area contributed by atoms with Gasteiger partial charge in [0.2, 0.25) is 5.91 Å². The minimum absolute atomic E-state index is 0.382. The van der Waals surface area contributed by atoms with Crippen molar-refractivity contribution in [2.75, 3.05) is 5.32 Å². The number of halogens is 1. The van der Waals surface area contributed by atoms with Crippen molar-refractivity contribution in [3.05, 3.63) is 28.8 Å². The fourth-order valence-electron chi connectivity index (χ4n) is 2.97. The van der Waals surface area contributed by atoms with Crippen molar-refractivity contribution in [3.63, 3.8) is 0 Å². The quantitative estimate of drug-likeness (QED) is 0.879. The Labute approximate surface area is 125 Å². The maximum atomic E-state index is 11.3. The topological polar surface area (TPSA) is 55.1 Å². The molecule has 0 aromatic heterocycles. The first-order chi connectivity index (χ1) is 9.47. The summed E-state index contributed by atoms with van der Waals surface area (Å²) in [5.74, 6) is 1.13. The molecule has 1 aromatic rings. The maximum absolute atomic E-state index is 11.3. The lowest BCUT2D eigenvalue weighted by Crippen LogP contribution is -2.28. The summed E-state index contributed by atoms with van der Waals surface area (Å²) in [6, 6.07) is 5.86. The summed E-state index contributed by atoms with van der Waals surface area (Å²) in [6.07, 6.45) is 4.89. The SMILES string of the molecule is CC(C)C1CCC(Nc2ccc(Cl)c(C(N)=O)c2)CC1. The molecular formula is C16H23ClN2O. The van der Waals surface area contributed by atoms with Crippen LogP contribution in [0.5, 0.6) is 0 Å². The molecule has 0 atom stereocenters. The third-order valence-corrected chi connectivity index (χ3v) is 4.65. The summed E-state index contributed by atoms with van der Waals surface area (Å²) in [7, 11) is 0. The van der Waals surface area contributed by atoms with E-state index in [4.69, 9.17) is 17.3 Å². The van der Waals surface area contributed by atoms with Gasteiger partial charge in [-0.25, -0.2) is 0 Å². The molecule has 20 heavy (non-hydrogen) atoms. The van der Waals surface area contributed by atoms with Gasteiger partial charge < -0.3 is 11.1 Å². The molecular weight excluding hydrogens is 272 g/mol. The molecule has 3 nitrogen and oxygen atoms in total. The van der Waals surface area contributed by atoms with Crippen molar-refractivity contribution in [1.29, 1.82) is 0 Å². The third kappa shape index (κ3) is 3.66. The van der Waals surface area contributed by atoms with E-state index in [9.17, 15) is 4.79 Å². The van der Waals surface area contributed by atoms with Gasteiger partial charge in [0.25, 0.3) is 0 Å². The number of carbonyl (C=O) groups is 1. The van der Waals surface area contributed by atoms with Crippen LogP contribution >= 0.6 is 11.6 Å². The van der Waals surface area contributed by atoms with Gasteiger partial charge in [-0.05, 0) is 55.7 Å². The van der Waals surface area contributed by atoms with E-state index in [1.54, 1.807) is 12.1 Å². The summed E-state index contributed by atoms with van der Waals surface area (Å²) in [5.41, 5.74) is 6.63. The summed E-state index contributed by atoms with van der Waals surface area (Å²) >= 11 is 5.96. The van der Waals surface area contributed by atoms with Crippen LogP contribution in [-0.4, -0.2) is 11.9 Å². The van der Waals surface area contributed by atoms with Gasteiger partial charge in [-0.15, -0.1) is 0 Å². The summed E-state index contributed by atoms with van der Waals surface area (Å²) in [4.78, 5) is 11.3. The predicted molar refractivity (Wildman–Crippen MR) is 84.2 cm³/mol. The second-order valence-corrected chi connectivity index (χ2v) is 6.47. The molecule has 4 heteroatoms. The highest BCUT2D eigenvalue weighted by molar-refractivity contribution is 6.33. The molecule has 1 amide bonds. The normalized spacial score (nSPS) is 22.8. The van der Waals surface area contributed by atoms with Crippen LogP contribution in [0.15, 0.2) is 18.2 Å². The van der Waals surface area contributed by atoms with E-state index in [-0.39, 0.29) is 0 Å². The van der Waals surface area contributed by atoms with Crippen molar-refractivity contribution >= 4 is 23.2 Å². The molecule has 1 aliphatic rings. The van der Waals surface area contributed by atoms with Crippen LogP contribution in [0.4, 0.5) is 5.69 Å². The number of primary amides is 1. The molecule has 1 aromatic carbocycles. The second-order valence-electron chi connectivity index (χ2n) is 6.06. The summed E-state index contributed by atoms with van der Waals surface area (Å²) < 4.78 is 0. The van der Waals surface area contributed by atoms with Gasteiger partial charge in [0.1, 0.15) is 0 Å². The largest absolute Gasteiger partial charge is 0.382 e. The Morgan fingerprint density at radius 2 is 1.95 bits per heavy atom. The smallest absolute Gasteiger partial charge is 0.250 e. The van der Waals surface area contributed by atoms with Crippen molar-refractivity contribution in [2.45, 2.75) is 45.6 Å². The Kier molecular flexibility index (Phi) is 4.92. The lowest BCUT2D eigenvalue weighted by Gasteiger charge is -2.32. The van der Waals surface area contributed by atoms with E-state index in [1.807, 2.05) is 6.07 Å². The van der Waals surface area contributed by atoms with E-state index in [2.05, 4.69) is 19.2 Å². The Balaban J connectivity index is 1.98. The summed E-state index contributed by atoms with van der Waals surface area (Å²) in [6.45, 7) is 4.60. The monoisotopic (exact) mass is 294 g/mol. The Hall–Kier alpha value is -1.22. The number of amides is 1. The predicted octanol–water partition coefficient (Wildman–Crippen LogP) is 4.07. The number of benzene rings is 1. The van der Waals surface area contributed by atoms with Gasteiger partial charge in [0.05, 0.1) is 10.6 Å².